The van der Waals surface area contributed by atoms with Crippen LogP contribution in [0.4, 0.5) is 5.69 Å². The summed E-state index contributed by atoms with van der Waals surface area (Å²) in [4.78, 5) is 25.2. The molecule has 1 aliphatic carbocycles. The van der Waals surface area contributed by atoms with Crippen LogP contribution in [-0.2, 0) is 6.42 Å². The summed E-state index contributed by atoms with van der Waals surface area (Å²) in [5, 5.41) is 10.1. The third kappa shape index (κ3) is 4.50. The molecule has 0 unspecified atom stereocenters. The second-order valence-corrected chi connectivity index (χ2v) is 7.28. The summed E-state index contributed by atoms with van der Waals surface area (Å²) >= 11 is 6.22. The second-order valence-electron chi connectivity index (χ2n) is 6.87. The molecule has 1 aromatic carbocycles. The number of anilines is 1. The molecule has 1 heterocycles. The molecule has 0 saturated heterocycles. The van der Waals surface area contributed by atoms with E-state index in [0.29, 0.717) is 39.7 Å². The van der Waals surface area contributed by atoms with E-state index in [1.165, 1.54) is 6.42 Å². The maximum atomic E-state index is 12.6. The third-order valence-electron chi connectivity index (χ3n) is 4.90. The first-order valence-electron chi connectivity index (χ1n) is 9.36. The second kappa shape index (κ2) is 8.57. The van der Waals surface area contributed by atoms with E-state index in [4.69, 9.17) is 16.1 Å². The van der Waals surface area contributed by atoms with E-state index >= 15 is 0 Å². The van der Waals surface area contributed by atoms with Crippen molar-refractivity contribution in [1.29, 1.82) is 0 Å². The number of amides is 2. The van der Waals surface area contributed by atoms with Crippen molar-refractivity contribution in [3.05, 3.63) is 45.8 Å². The Balaban J connectivity index is 1.75. The molecule has 2 N–H and O–H groups in total. The van der Waals surface area contributed by atoms with E-state index in [9.17, 15) is 9.59 Å². The summed E-state index contributed by atoms with van der Waals surface area (Å²) in [5.41, 5.74) is 1.90. The van der Waals surface area contributed by atoms with Gasteiger partial charge < -0.3 is 15.2 Å². The standard InChI is InChI=1S/C20H24ClN3O3/c1-3-17-18(12(2)27-24-17)20(26)23-14-9-10-16(21)15(11-14)19(25)22-13-7-5-4-6-8-13/h9-11,13H,3-8H2,1-2H3,(H,22,25)(H,23,26). The molecule has 0 radical (unpaired) electrons. The van der Waals surface area contributed by atoms with Crippen LogP contribution < -0.4 is 10.6 Å². The molecule has 144 valence electrons. The topological polar surface area (TPSA) is 84.2 Å². The average Bonchev–Trinajstić information content (AvgIpc) is 3.04. The van der Waals surface area contributed by atoms with Gasteiger partial charge in [-0.05, 0) is 44.4 Å². The summed E-state index contributed by atoms with van der Waals surface area (Å²) in [6.07, 6.45) is 6.06. The number of benzene rings is 1. The van der Waals surface area contributed by atoms with Crippen LogP contribution >= 0.6 is 11.6 Å². The minimum absolute atomic E-state index is 0.187. The van der Waals surface area contributed by atoms with Gasteiger partial charge in [-0.25, -0.2) is 0 Å². The Morgan fingerprint density at radius 2 is 1.96 bits per heavy atom. The number of carbonyl (C=O) groups is 2. The van der Waals surface area contributed by atoms with E-state index in [1.54, 1.807) is 25.1 Å². The van der Waals surface area contributed by atoms with Crippen LogP contribution in [-0.4, -0.2) is 23.0 Å². The van der Waals surface area contributed by atoms with Crippen LogP contribution in [0, 0.1) is 6.92 Å². The van der Waals surface area contributed by atoms with Gasteiger partial charge in [0.15, 0.2) is 0 Å². The Morgan fingerprint density at radius 1 is 1.22 bits per heavy atom. The fraction of sp³-hybridized carbons (Fsp3) is 0.450. The molecular formula is C20H24ClN3O3. The van der Waals surface area contributed by atoms with Gasteiger partial charge in [-0.1, -0.05) is 42.9 Å². The van der Waals surface area contributed by atoms with Crippen LogP contribution in [0.3, 0.4) is 0 Å². The number of nitrogens with zero attached hydrogens (tertiary/aromatic N) is 1. The number of aromatic nitrogens is 1. The van der Waals surface area contributed by atoms with Crippen LogP contribution in [0.15, 0.2) is 22.7 Å². The van der Waals surface area contributed by atoms with Crippen molar-refractivity contribution in [2.75, 3.05) is 5.32 Å². The monoisotopic (exact) mass is 389 g/mol. The number of nitrogens with one attached hydrogen (secondary N) is 2. The van der Waals surface area contributed by atoms with Gasteiger partial charge in [0.05, 0.1) is 16.3 Å². The van der Waals surface area contributed by atoms with Crippen molar-refractivity contribution < 1.29 is 14.1 Å². The van der Waals surface area contributed by atoms with Gasteiger partial charge in [0.1, 0.15) is 11.3 Å². The largest absolute Gasteiger partial charge is 0.361 e. The summed E-state index contributed by atoms with van der Waals surface area (Å²) in [6.45, 7) is 3.61. The Kier molecular flexibility index (Phi) is 6.16. The summed E-state index contributed by atoms with van der Waals surface area (Å²) < 4.78 is 5.11. The molecule has 1 aromatic heterocycles. The first-order valence-corrected chi connectivity index (χ1v) is 9.74. The van der Waals surface area contributed by atoms with Gasteiger partial charge >= 0.3 is 0 Å². The lowest BCUT2D eigenvalue weighted by molar-refractivity contribution is 0.0926. The lowest BCUT2D eigenvalue weighted by Gasteiger charge is -2.23. The normalized spacial score (nSPS) is 14.8. The molecule has 1 aliphatic rings. The molecule has 6 nitrogen and oxygen atoms in total. The number of halogens is 1. The molecule has 1 saturated carbocycles. The first kappa shape index (κ1) is 19.4. The predicted molar refractivity (Wildman–Crippen MR) is 104 cm³/mol. The zero-order chi connectivity index (χ0) is 19.4. The molecule has 2 aromatic rings. The zero-order valence-electron chi connectivity index (χ0n) is 15.6. The van der Waals surface area contributed by atoms with Crippen molar-refractivity contribution >= 4 is 29.1 Å². The number of hydrogen-bond donors (Lipinski definition) is 2. The van der Waals surface area contributed by atoms with Gasteiger partial charge in [-0.15, -0.1) is 0 Å². The SMILES string of the molecule is CCc1noc(C)c1C(=O)Nc1ccc(Cl)c(C(=O)NC2CCCCC2)c1. The van der Waals surface area contributed by atoms with Crippen molar-refractivity contribution in [1.82, 2.24) is 10.5 Å². The van der Waals surface area contributed by atoms with E-state index in [1.807, 2.05) is 6.92 Å². The maximum absolute atomic E-state index is 12.6. The van der Waals surface area contributed by atoms with Gasteiger partial charge in [0.25, 0.3) is 11.8 Å². The molecule has 1 fully saturated rings. The Labute approximate surface area is 163 Å². The number of rotatable bonds is 5. The molecule has 7 heteroatoms. The molecule has 0 spiro atoms. The van der Waals surface area contributed by atoms with Crippen LogP contribution in [0.5, 0.6) is 0 Å². The van der Waals surface area contributed by atoms with E-state index in [2.05, 4.69) is 15.8 Å². The highest BCUT2D eigenvalue weighted by Gasteiger charge is 2.21. The molecule has 2 amide bonds. The smallest absolute Gasteiger partial charge is 0.261 e. The number of aryl methyl sites for hydroxylation is 2. The Hall–Kier alpha value is -2.34. The Bertz CT molecular complexity index is 841. The van der Waals surface area contributed by atoms with Crippen molar-refractivity contribution in [2.45, 2.75) is 58.4 Å². The fourth-order valence-electron chi connectivity index (χ4n) is 3.43. The van der Waals surface area contributed by atoms with Gasteiger partial charge in [0.2, 0.25) is 0 Å². The summed E-state index contributed by atoms with van der Waals surface area (Å²) in [5.74, 6) is -0.0569. The van der Waals surface area contributed by atoms with E-state index in [0.717, 1.165) is 25.7 Å². The quantitative estimate of drug-likeness (QED) is 0.787. The molecule has 27 heavy (non-hydrogen) atoms. The van der Waals surface area contributed by atoms with Crippen LogP contribution in [0.2, 0.25) is 5.02 Å². The molecule has 0 atom stereocenters. The van der Waals surface area contributed by atoms with Gasteiger partial charge in [-0.2, -0.15) is 0 Å². The molecule has 0 aliphatic heterocycles. The lowest BCUT2D eigenvalue weighted by atomic mass is 9.95. The van der Waals surface area contributed by atoms with E-state index < -0.39 is 0 Å². The lowest BCUT2D eigenvalue weighted by Crippen LogP contribution is -2.36. The highest BCUT2D eigenvalue weighted by atomic mass is 35.5. The van der Waals surface area contributed by atoms with Gasteiger partial charge in [-0.3, -0.25) is 9.59 Å². The molecular weight excluding hydrogens is 366 g/mol. The number of carbonyl (C=O) groups excluding carboxylic acids is 2. The van der Waals surface area contributed by atoms with Crippen LogP contribution in [0.25, 0.3) is 0 Å². The minimum atomic E-state index is -0.313. The first-order chi connectivity index (χ1) is 13.0. The highest BCUT2D eigenvalue weighted by Crippen LogP contribution is 2.24. The fourth-order valence-corrected chi connectivity index (χ4v) is 3.63. The van der Waals surface area contributed by atoms with Crippen molar-refractivity contribution in [2.24, 2.45) is 0 Å². The maximum Gasteiger partial charge on any atom is 0.261 e. The highest BCUT2D eigenvalue weighted by molar-refractivity contribution is 6.34. The average molecular weight is 390 g/mol. The molecule has 3 rings (SSSR count). The number of hydrogen-bond acceptors (Lipinski definition) is 4. The Morgan fingerprint density at radius 3 is 2.67 bits per heavy atom. The summed E-state index contributed by atoms with van der Waals surface area (Å²) in [7, 11) is 0. The van der Waals surface area contributed by atoms with E-state index in [-0.39, 0.29) is 17.9 Å². The van der Waals surface area contributed by atoms with Crippen LogP contribution in [0.1, 0.15) is 71.2 Å². The molecule has 0 bridgehead atoms. The zero-order valence-corrected chi connectivity index (χ0v) is 16.4. The third-order valence-corrected chi connectivity index (χ3v) is 5.23. The minimum Gasteiger partial charge on any atom is -0.361 e. The van der Waals surface area contributed by atoms with Crippen molar-refractivity contribution in [3.63, 3.8) is 0 Å². The summed E-state index contributed by atoms with van der Waals surface area (Å²) in [6, 6.07) is 5.08. The van der Waals surface area contributed by atoms with Crippen molar-refractivity contribution in [3.8, 4) is 0 Å². The predicted octanol–water partition coefficient (Wildman–Crippen LogP) is 4.51. The van der Waals surface area contributed by atoms with Gasteiger partial charge in [0, 0.05) is 11.7 Å².